The van der Waals surface area contributed by atoms with Crippen molar-refractivity contribution in [2.24, 2.45) is 0 Å². The molecule has 4 aromatic rings. The summed E-state index contributed by atoms with van der Waals surface area (Å²) in [6, 6.07) is 10.1. The van der Waals surface area contributed by atoms with Gasteiger partial charge in [0.1, 0.15) is 0 Å². The first kappa shape index (κ1) is 34.2. The molecular weight excluding hydrogens is 576 g/mol. The normalized spacial score (nSPS) is 13.5. The van der Waals surface area contributed by atoms with Gasteiger partial charge in [-0.3, -0.25) is 28.2 Å². The van der Waals surface area contributed by atoms with Gasteiger partial charge in [0.05, 0.1) is 29.5 Å². The Kier molecular flexibility index (Phi) is 11.4. The van der Waals surface area contributed by atoms with Crippen LogP contribution in [0.1, 0.15) is 34.6 Å². The van der Waals surface area contributed by atoms with E-state index in [1.54, 1.807) is 31.2 Å². The zero-order valence-electron chi connectivity index (χ0n) is 20.1. The van der Waals surface area contributed by atoms with Crippen LogP contribution in [0.2, 0.25) is 0 Å². The molecule has 40 heavy (non-hydrogen) atoms. The number of nitrogens with one attached hydrogen (secondary N) is 1. The zero-order chi connectivity index (χ0) is 27.8. The number of halogens is 3. The molecule has 11 nitrogen and oxygen atoms in total. The van der Waals surface area contributed by atoms with Gasteiger partial charge in [-0.2, -0.15) is 13.2 Å². The Labute approximate surface area is 269 Å². The topological polar surface area (TPSA) is 138 Å². The average molecular weight is 599 g/mol. The summed E-state index contributed by atoms with van der Waals surface area (Å²) in [6.45, 7) is 1.75. The number of benzene rings is 2. The van der Waals surface area contributed by atoms with E-state index in [4.69, 9.17) is 0 Å². The van der Waals surface area contributed by atoms with Crippen molar-refractivity contribution in [3.63, 3.8) is 0 Å². The third-order valence-electron chi connectivity index (χ3n) is 5.79. The summed E-state index contributed by atoms with van der Waals surface area (Å²) in [7, 11) is -2.55. The molecule has 2 aromatic carbocycles. The van der Waals surface area contributed by atoms with Crippen molar-refractivity contribution >= 4 is 83.7 Å². The van der Waals surface area contributed by atoms with Crippen molar-refractivity contribution < 1.29 is 36.6 Å². The number of nitrogens with zero attached hydrogens (tertiary/aromatic N) is 4. The number of amides is 1. The van der Waals surface area contributed by atoms with Gasteiger partial charge in [-0.15, -0.1) is 5.10 Å². The van der Waals surface area contributed by atoms with Crippen LogP contribution in [0.3, 0.4) is 0 Å². The standard InChI is InChI=1S/C23H21F3N5O6P.2Na.2H/c1-13(14-5-4-6-16(9-14)21(32)27-2)30-12-28-19-10-15(7-8-17(19)22(30)33)18-11-29-31(20(18)23(24,25)26)37-38(34,35)36-3;;;;/h4-13H,1-3H3,(H,27,32)(H,34,35);;;;/t13-;;;;/m1..../s1. The van der Waals surface area contributed by atoms with E-state index in [0.717, 1.165) is 13.3 Å². The monoisotopic (exact) mass is 599 g/mol. The van der Waals surface area contributed by atoms with E-state index in [2.05, 4.69) is 24.5 Å². The predicted molar refractivity (Wildman–Crippen MR) is 144 cm³/mol. The Morgan fingerprint density at radius 1 is 1.18 bits per heavy atom. The number of hydrogen-bond acceptors (Lipinski definition) is 7. The second-order valence-corrected chi connectivity index (χ2v) is 9.55. The first-order valence-corrected chi connectivity index (χ1v) is 12.4. The van der Waals surface area contributed by atoms with Crippen LogP contribution in [0.4, 0.5) is 13.2 Å². The summed E-state index contributed by atoms with van der Waals surface area (Å²) < 4.78 is 63.1. The van der Waals surface area contributed by atoms with Gasteiger partial charge in [0, 0.05) is 25.3 Å². The molecular formula is C23H23F3N5Na2O6P. The number of carbonyl (C=O) groups excluding carboxylic acids is 1. The molecule has 4 rings (SSSR count). The minimum absolute atomic E-state index is 0. The van der Waals surface area contributed by atoms with E-state index in [9.17, 15) is 32.2 Å². The van der Waals surface area contributed by atoms with Gasteiger partial charge in [-0.05, 0) is 42.3 Å². The van der Waals surface area contributed by atoms with Crippen molar-refractivity contribution in [1.82, 2.24) is 24.8 Å². The molecule has 2 heterocycles. The molecule has 0 fully saturated rings. The molecule has 0 spiro atoms. The van der Waals surface area contributed by atoms with Crippen LogP contribution in [-0.4, -0.2) is 104 Å². The molecule has 0 saturated carbocycles. The number of phosphoric acid groups is 1. The van der Waals surface area contributed by atoms with Crippen molar-refractivity contribution in [1.29, 1.82) is 0 Å². The van der Waals surface area contributed by atoms with Gasteiger partial charge in [-0.25, -0.2) is 9.55 Å². The average Bonchev–Trinajstić information content (AvgIpc) is 3.31. The van der Waals surface area contributed by atoms with Crippen LogP contribution >= 0.6 is 7.82 Å². The summed E-state index contributed by atoms with van der Waals surface area (Å²) in [5.74, 6) is -0.286. The molecule has 1 unspecified atom stereocenters. The molecule has 2 N–H and O–H groups in total. The van der Waals surface area contributed by atoms with Gasteiger partial charge in [0.15, 0.2) is 5.69 Å². The number of hydrogen-bond donors (Lipinski definition) is 2. The van der Waals surface area contributed by atoms with Gasteiger partial charge in [0.25, 0.3) is 11.5 Å². The van der Waals surface area contributed by atoms with E-state index in [0.29, 0.717) is 11.1 Å². The van der Waals surface area contributed by atoms with E-state index in [-0.39, 0.29) is 86.3 Å². The van der Waals surface area contributed by atoms with Crippen LogP contribution in [-0.2, 0) is 15.3 Å². The Morgan fingerprint density at radius 2 is 1.88 bits per heavy atom. The van der Waals surface area contributed by atoms with Crippen LogP contribution in [0, 0.1) is 0 Å². The van der Waals surface area contributed by atoms with E-state index in [1.807, 2.05) is 0 Å². The molecule has 1 amide bonds. The molecule has 0 aliphatic rings. The van der Waals surface area contributed by atoms with Gasteiger partial charge >= 0.3 is 73.1 Å². The van der Waals surface area contributed by atoms with Crippen molar-refractivity contribution in [2.75, 3.05) is 14.2 Å². The molecule has 0 aliphatic carbocycles. The van der Waals surface area contributed by atoms with Gasteiger partial charge in [0.2, 0.25) is 0 Å². The van der Waals surface area contributed by atoms with Crippen LogP contribution in [0.15, 0.2) is 59.8 Å². The van der Waals surface area contributed by atoms with E-state index in [1.165, 1.54) is 36.1 Å². The quantitative estimate of drug-likeness (QED) is 0.244. The Bertz CT molecular complexity index is 1650. The summed E-state index contributed by atoms with van der Waals surface area (Å²) in [5, 5.41) is 6.11. The van der Waals surface area contributed by atoms with E-state index >= 15 is 0 Å². The second-order valence-electron chi connectivity index (χ2n) is 8.08. The Morgan fingerprint density at radius 3 is 2.50 bits per heavy atom. The Hall–Kier alpha value is -2.00. The fraction of sp³-hybridized carbons (Fsp3) is 0.217. The first-order valence-electron chi connectivity index (χ1n) is 10.9. The van der Waals surface area contributed by atoms with Crippen LogP contribution in [0.25, 0.3) is 22.0 Å². The molecule has 0 radical (unpaired) electrons. The summed E-state index contributed by atoms with van der Waals surface area (Å²) in [4.78, 5) is 38.8. The maximum absolute atomic E-state index is 13.8. The molecule has 0 saturated heterocycles. The number of aromatic nitrogens is 4. The number of phosphoric ester groups is 1. The number of fused-ring (bicyclic) bond motifs is 1. The molecule has 17 heteroatoms. The molecule has 2 atom stereocenters. The third-order valence-corrected chi connectivity index (χ3v) is 6.61. The zero-order valence-corrected chi connectivity index (χ0v) is 21.0. The number of carbonyl (C=O) groups is 1. The molecule has 0 bridgehead atoms. The number of alkyl halides is 3. The molecule has 204 valence electrons. The van der Waals surface area contributed by atoms with Crippen LogP contribution in [0.5, 0.6) is 0 Å². The fourth-order valence-corrected chi connectivity index (χ4v) is 4.21. The second kappa shape index (κ2) is 13.3. The maximum atomic E-state index is 13.8. The Balaban J connectivity index is 0.00000280. The van der Waals surface area contributed by atoms with Crippen molar-refractivity contribution in [3.05, 3.63) is 82.2 Å². The fourth-order valence-electron chi connectivity index (χ4n) is 3.82. The molecule has 0 aliphatic heterocycles. The summed E-state index contributed by atoms with van der Waals surface area (Å²) in [5.41, 5.74) is -1.19. The van der Waals surface area contributed by atoms with Gasteiger partial charge < -0.3 is 5.32 Å². The van der Waals surface area contributed by atoms with E-state index < -0.39 is 36.9 Å². The first-order chi connectivity index (χ1) is 17.9. The van der Waals surface area contributed by atoms with Crippen molar-refractivity contribution in [3.8, 4) is 11.1 Å². The number of rotatable bonds is 7. The summed E-state index contributed by atoms with van der Waals surface area (Å²) in [6.07, 6.45) is -2.95. The summed E-state index contributed by atoms with van der Waals surface area (Å²) >= 11 is 0. The molecule has 2 aromatic heterocycles. The van der Waals surface area contributed by atoms with Crippen molar-refractivity contribution in [2.45, 2.75) is 19.1 Å². The SMILES string of the molecule is CNC(=O)c1cccc([C@@H](C)n2cnc3cc(-c4cnn(OP(=O)(O)OC)c4C(F)(F)F)ccc3c2=O)c1.[NaH].[NaH]. The van der Waals surface area contributed by atoms with Gasteiger partial charge in [-0.1, -0.05) is 23.0 Å². The predicted octanol–water partition coefficient (Wildman–Crippen LogP) is 2.13. The van der Waals surface area contributed by atoms with Crippen LogP contribution < -0.4 is 15.5 Å². The minimum atomic E-state index is -5.02. The third kappa shape index (κ3) is 7.07.